The average molecular weight is 378 g/mol. The third-order valence-electron chi connectivity index (χ3n) is 4.66. The highest BCUT2D eigenvalue weighted by Crippen LogP contribution is 2.23. The van der Waals surface area contributed by atoms with Crippen molar-refractivity contribution in [2.45, 2.75) is 19.8 Å². The first-order valence-corrected chi connectivity index (χ1v) is 9.41. The van der Waals surface area contributed by atoms with E-state index in [9.17, 15) is 4.79 Å². The van der Waals surface area contributed by atoms with Gasteiger partial charge in [0.25, 0.3) is 5.91 Å². The first kappa shape index (κ1) is 19.7. The largest absolute Gasteiger partial charge is 0.497 e. The van der Waals surface area contributed by atoms with E-state index in [1.165, 1.54) is 0 Å². The van der Waals surface area contributed by atoms with Crippen molar-refractivity contribution in [3.63, 3.8) is 0 Å². The summed E-state index contributed by atoms with van der Waals surface area (Å²) < 4.78 is 10.9. The van der Waals surface area contributed by atoms with Gasteiger partial charge in [-0.05, 0) is 42.3 Å². The molecule has 3 rings (SSSR count). The Labute approximate surface area is 165 Å². The summed E-state index contributed by atoms with van der Waals surface area (Å²) >= 11 is 0. The molecule has 1 heterocycles. The van der Waals surface area contributed by atoms with E-state index in [4.69, 9.17) is 9.47 Å². The van der Waals surface area contributed by atoms with E-state index in [-0.39, 0.29) is 11.8 Å². The monoisotopic (exact) mass is 378 g/mol. The Kier molecular flexibility index (Phi) is 6.14. The van der Waals surface area contributed by atoms with Crippen molar-refractivity contribution in [1.82, 2.24) is 9.88 Å². The van der Waals surface area contributed by atoms with Gasteiger partial charge in [0.2, 0.25) is 0 Å². The molecule has 0 saturated heterocycles. The van der Waals surface area contributed by atoms with Crippen LogP contribution in [0.4, 0.5) is 0 Å². The lowest BCUT2D eigenvalue weighted by Gasteiger charge is -2.19. The van der Waals surface area contributed by atoms with Crippen LogP contribution in [0.2, 0.25) is 0 Å². The predicted molar refractivity (Wildman–Crippen MR) is 111 cm³/mol. The third kappa shape index (κ3) is 4.42. The van der Waals surface area contributed by atoms with Gasteiger partial charge in [0.05, 0.1) is 24.7 Å². The van der Waals surface area contributed by atoms with Gasteiger partial charge < -0.3 is 14.4 Å². The Morgan fingerprint density at radius 1 is 1.07 bits per heavy atom. The van der Waals surface area contributed by atoms with Crippen LogP contribution in [-0.4, -0.2) is 43.1 Å². The van der Waals surface area contributed by atoms with Crippen LogP contribution < -0.4 is 9.47 Å². The van der Waals surface area contributed by atoms with Gasteiger partial charge in [-0.1, -0.05) is 32.0 Å². The second-order valence-corrected chi connectivity index (χ2v) is 7.02. The number of rotatable bonds is 7. The SMILES string of the molecule is COc1ccc(OCCN(C)C(=O)c2cc(C(C)C)nc3ccccc23)cc1. The molecule has 0 aliphatic rings. The van der Waals surface area contributed by atoms with E-state index in [0.717, 1.165) is 28.1 Å². The zero-order valence-electron chi connectivity index (χ0n) is 16.8. The molecular formula is C23H26N2O3. The van der Waals surface area contributed by atoms with Crippen LogP contribution in [0.5, 0.6) is 11.5 Å². The highest BCUT2D eigenvalue weighted by atomic mass is 16.5. The number of methoxy groups -OCH3 is 1. The Morgan fingerprint density at radius 2 is 1.75 bits per heavy atom. The van der Waals surface area contributed by atoms with Crippen molar-refractivity contribution in [3.05, 3.63) is 65.9 Å². The lowest BCUT2D eigenvalue weighted by molar-refractivity contribution is 0.0775. The maximum atomic E-state index is 13.1. The molecule has 0 N–H and O–H groups in total. The molecule has 0 spiro atoms. The first-order valence-electron chi connectivity index (χ1n) is 9.41. The molecule has 28 heavy (non-hydrogen) atoms. The van der Waals surface area contributed by atoms with E-state index in [0.29, 0.717) is 18.7 Å². The lowest BCUT2D eigenvalue weighted by Crippen LogP contribution is -2.31. The smallest absolute Gasteiger partial charge is 0.254 e. The molecule has 2 aromatic carbocycles. The van der Waals surface area contributed by atoms with Gasteiger partial charge in [-0.15, -0.1) is 0 Å². The molecular weight excluding hydrogens is 352 g/mol. The zero-order chi connectivity index (χ0) is 20.1. The topological polar surface area (TPSA) is 51.7 Å². The van der Waals surface area contributed by atoms with Crippen molar-refractivity contribution in [1.29, 1.82) is 0 Å². The maximum absolute atomic E-state index is 13.1. The van der Waals surface area contributed by atoms with Gasteiger partial charge in [0.15, 0.2) is 0 Å². The van der Waals surface area contributed by atoms with Gasteiger partial charge in [-0.3, -0.25) is 9.78 Å². The standard InChI is InChI=1S/C23H26N2O3/c1-16(2)22-15-20(19-7-5-6-8-21(19)24-22)23(26)25(3)13-14-28-18-11-9-17(27-4)10-12-18/h5-12,15-16H,13-14H2,1-4H3. The summed E-state index contributed by atoms with van der Waals surface area (Å²) in [6.45, 7) is 5.06. The number of para-hydroxylation sites is 1. The number of nitrogens with zero attached hydrogens (tertiary/aromatic N) is 2. The fourth-order valence-corrected chi connectivity index (χ4v) is 2.95. The zero-order valence-corrected chi connectivity index (χ0v) is 16.8. The number of hydrogen-bond donors (Lipinski definition) is 0. The van der Waals surface area contributed by atoms with E-state index < -0.39 is 0 Å². The molecule has 0 aliphatic carbocycles. The molecule has 0 unspecified atom stereocenters. The Hall–Kier alpha value is -3.08. The molecule has 5 heteroatoms. The Balaban J connectivity index is 1.72. The van der Waals surface area contributed by atoms with Gasteiger partial charge in [0, 0.05) is 18.1 Å². The van der Waals surface area contributed by atoms with E-state index >= 15 is 0 Å². The van der Waals surface area contributed by atoms with Crippen LogP contribution in [0, 0.1) is 0 Å². The highest BCUT2D eigenvalue weighted by molar-refractivity contribution is 6.06. The number of ether oxygens (including phenoxy) is 2. The molecule has 0 radical (unpaired) electrons. The number of aromatic nitrogens is 1. The summed E-state index contributed by atoms with van der Waals surface area (Å²) in [6, 6.07) is 17.1. The van der Waals surface area contributed by atoms with E-state index in [2.05, 4.69) is 18.8 Å². The van der Waals surface area contributed by atoms with Crippen LogP contribution in [0.25, 0.3) is 10.9 Å². The van der Waals surface area contributed by atoms with Crippen molar-refractivity contribution >= 4 is 16.8 Å². The molecule has 1 amide bonds. The minimum atomic E-state index is -0.0289. The number of fused-ring (bicyclic) bond motifs is 1. The molecule has 5 nitrogen and oxygen atoms in total. The molecule has 0 bridgehead atoms. The summed E-state index contributed by atoms with van der Waals surface area (Å²) in [7, 11) is 3.42. The van der Waals surface area contributed by atoms with E-state index in [1.54, 1.807) is 19.1 Å². The van der Waals surface area contributed by atoms with Crippen molar-refractivity contribution in [3.8, 4) is 11.5 Å². The summed E-state index contributed by atoms with van der Waals surface area (Å²) in [6.07, 6.45) is 0. The minimum Gasteiger partial charge on any atom is -0.497 e. The van der Waals surface area contributed by atoms with Crippen LogP contribution >= 0.6 is 0 Å². The summed E-state index contributed by atoms with van der Waals surface area (Å²) in [4.78, 5) is 19.5. The fraction of sp³-hybridized carbons (Fsp3) is 0.304. The van der Waals surface area contributed by atoms with Crippen molar-refractivity contribution < 1.29 is 14.3 Å². The van der Waals surface area contributed by atoms with Gasteiger partial charge in [-0.2, -0.15) is 0 Å². The fourth-order valence-electron chi connectivity index (χ4n) is 2.95. The summed E-state index contributed by atoms with van der Waals surface area (Å²) in [5.41, 5.74) is 2.45. The maximum Gasteiger partial charge on any atom is 0.254 e. The van der Waals surface area contributed by atoms with Crippen LogP contribution in [0.3, 0.4) is 0 Å². The van der Waals surface area contributed by atoms with E-state index in [1.807, 2.05) is 54.6 Å². The number of pyridine rings is 1. The van der Waals surface area contributed by atoms with Gasteiger partial charge in [-0.25, -0.2) is 0 Å². The quantitative estimate of drug-likeness (QED) is 0.607. The Bertz CT molecular complexity index is 952. The molecule has 146 valence electrons. The predicted octanol–water partition coefficient (Wildman–Crippen LogP) is 4.52. The normalized spacial score (nSPS) is 10.9. The lowest BCUT2D eigenvalue weighted by atomic mass is 10.0. The minimum absolute atomic E-state index is 0.0289. The number of benzene rings is 2. The number of likely N-dealkylation sites (N-methyl/N-ethyl adjacent to an activating group) is 1. The van der Waals surface area contributed by atoms with Crippen LogP contribution in [-0.2, 0) is 0 Å². The Morgan fingerprint density at radius 3 is 2.43 bits per heavy atom. The molecule has 1 aromatic heterocycles. The summed E-state index contributed by atoms with van der Waals surface area (Å²) in [5.74, 6) is 1.75. The molecule has 0 atom stereocenters. The van der Waals surface area contributed by atoms with Crippen molar-refractivity contribution in [2.24, 2.45) is 0 Å². The third-order valence-corrected chi connectivity index (χ3v) is 4.66. The number of hydrogen-bond acceptors (Lipinski definition) is 4. The molecule has 0 aliphatic heterocycles. The van der Waals surface area contributed by atoms with Crippen LogP contribution in [0.15, 0.2) is 54.6 Å². The number of carbonyl (C=O) groups is 1. The highest BCUT2D eigenvalue weighted by Gasteiger charge is 2.17. The van der Waals surface area contributed by atoms with Gasteiger partial charge >= 0.3 is 0 Å². The first-order chi connectivity index (χ1) is 13.5. The number of carbonyl (C=O) groups excluding carboxylic acids is 1. The summed E-state index contributed by atoms with van der Waals surface area (Å²) in [5, 5.41) is 0.875. The van der Waals surface area contributed by atoms with Crippen molar-refractivity contribution in [2.75, 3.05) is 27.3 Å². The average Bonchev–Trinajstić information content (AvgIpc) is 2.72. The van der Waals surface area contributed by atoms with Crippen LogP contribution in [0.1, 0.15) is 35.8 Å². The number of amides is 1. The van der Waals surface area contributed by atoms with Gasteiger partial charge in [0.1, 0.15) is 18.1 Å². The molecule has 3 aromatic rings. The second kappa shape index (κ2) is 8.74. The molecule has 0 fully saturated rings. The molecule has 0 saturated carbocycles. The second-order valence-electron chi connectivity index (χ2n) is 7.02.